The molecule has 1 aliphatic rings. The predicted octanol–water partition coefficient (Wildman–Crippen LogP) is 3.08. The maximum atomic E-state index is 12.4. The summed E-state index contributed by atoms with van der Waals surface area (Å²) in [5, 5.41) is 4.40. The second-order valence-corrected chi connectivity index (χ2v) is 6.48. The predicted molar refractivity (Wildman–Crippen MR) is 100 cm³/mol. The first kappa shape index (κ1) is 18.4. The maximum Gasteiger partial charge on any atom is 0.274 e. The number of hydrogen-bond donors (Lipinski definition) is 1. The molecule has 0 unspecified atom stereocenters. The van der Waals surface area contributed by atoms with Gasteiger partial charge in [-0.15, -0.1) is 0 Å². The van der Waals surface area contributed by atoms with Crippen LogP contribution in [0.1, 0.15) is 40.4 Å². The topological polar surface area (TPSA) is 67.1 Å². The van der Waals surface area contributed by atoms with E-state index in [9.17, 15) is 4.79 Å². The van der Waals surface area contributed by atoms with E-state index in [4.69, 9.17) is 9.15 Å². The molecule has 0 bridgehead atoms. The monoisotopic (exact) mass is 355 g/mol. The van der Waals surface area contributed by atoms with Crippen molar-refractivity contribution in [2.24, 2.45) is 5.10 Å². The maximum absolute atomic E-state index is 12.4. The number of aryl methyl sites for hydroxylation is 2. The van der Waals surface area contributed by atoms with Gasteiger partial charge in [-0.3, -0.25) is 9.69 Å². The fourth-order valence-electron chi connectivity index (χ4n) is 3.30. The lowest BCUT2D eigenvalue weighted by molar-refractivity contribution is 0.0285. The molecule has 26 heavy (non-hydrogen) atoms. The fraction of sp³-hybridized carbons (Fsp3) is 0.400. The van der Waals surface area contributed by atoms with E-state index in [1.165, 1.54) is 0 Å². The summed E-state index contributed by atoms with van der Waals surface area (Å²) in [5.74, 6) is 1.05. The van der Waals surface area contributed by atoms with Crippen LogP contribution >= 0.6 is 0 Å². The van der Waals surface area contributed by atoms with Crippen LogP contribution in [-0.2, 0) is 4.74 Å². The Labute approximate surface area is 153 Å². The van der Waals surface area contributed by atoms with E-state index in [1.807, 2.05) is 32.0 Å². The molecule has 1 aromatic carbocycles. The van der Waals surface area contributed by atoms with Crippen molar-refractivity contribution in [3.8, 4) is 0 Å². The zero-order chi connectivity index (χ0) is 18.5. The summed E-state index contributed by atoms with van der Waals surface area (Å²) < 4.78 is 10.9. The van der Waals surface area contributed by atoms with Gasteiger partial charge in [-0.1, -0.05) is 30.3 Å². The van der Waals surface area contributed by atoms with Crippen LogP contribution in [0.15, 0.2) is 45.9 Å². The number of carbonyl (C=O) groups excluding carboxylic acids is 1. The van der Waals surface area contributed by atoms with Crippen molar-refractivity contribution in [3.63, 3.8) is 0 Å². The van der Waals surface area contributed by atoms with Gasteiger partial charge in [0.1, 0.15) is 11.5 Å². The van der Waals surface area contributed by atoms with Gasteiger partial charge >= 0.3 is 0 Å². The van der Waals surface area contributed by atoms with Crippen LogP contribution in [0.4, 0.5) is 0 Å². The van der Waals surface area contributed by atoms with Crippen LogP contribution in [-0.4, -0.2) is 42.8 Å². The van der Waals surface area contributed by atoms with Crippen molar-refractivity contribution >= 4 is 11.6 Å². The molecular formula is C20H25N3O3. The Morgan fingerprint density at radius 1 is 1.19 bits per heavy atom. The normalized spacial score (nSPS) is 17.1. The SMILES string of the molecule is C/C(=N/NC(=O)c1cc(C)oc1C)[C@H](c1ccccc1)N1CCOCC1. The third-order valence-corrected chi connectivity index (χ3v) is 4.54. The quantitative estimate of drug-likeness (QED) is 0.661. The largest absolute Gasteiger partial charge is 0.466 e. The molecule has 1 atom stereocenters. The number of carbonyl (C=O) groups is 1. The van der Waals surface area contributed by atoms with Crippen LogP contribution < -0.4 is 5.43 Å². The van der Waals surface area contributed by atoms with Crippen molar-refractivity contribution < 1.29 is 13.9 Å². The lowest BCUT2D eigenvalue weighted by Crippen LogP contribution is -2.42. The number of benzene rings is 1. The number of nitrogens with one attached hydrogen (secondary N) is 1. The van der Waals surface area contributed by atoms with E-state index in [0.29, 0.717) is 30.3 Å². The minimum absolute atomic E-state index is 0.00702. The van der Waals surface area contributed by atoms with Crippen molar-refractivity contribution in [1.29, 1.82) is 0 Å². The van der Waals surface area contributed by atoms with Crippen LogP contribution in [0, 0.1) is 13.8 Å². The summed E-state index contributed by atoms with van der Waals surface area (Å²) in [6, 6.07) is 11.9. The summed E-state index contributed by atoms with van der Waals surface area (Å²) in [6.45, 7) is 8.62. The van der Waals surface area contributed by atoms with Crippen molar-refractivity contribution in [2.75, 3.05) is 26.3 Å². The molecule has 0 aliphatic carbocycles. The molecule has 0 spiro atoms. The van der Waals surface area contributed by atoms with E-state index in [0.717, 1.165) is 24.4 Å². The minimum Gasteiger partial charge on any atom is -0.466 e. The standard InChI is InChI=1S/C20H25N3O3/c1-14-13-18(16(3)26-14)20(24)22-21-15(2)19(17-7-5-4-6-8-17)23-9-11-25-12-10-23/h4-8,13,19H,9-12H2,1-3H3,(H,22,24)/b21-15-/t19-/m1/s1. The van der Waals surface area contributed by atoms with Crippen LogP contribution in [0.3, 0.4) is 0 Å². The average Bonchev–Trinajstić information content (AvgIpc) is 3.00. The molecular weight excluding hydrogens is 330 g/mol. The third kappa shape index (κ3) is 4.20. The number of nitrogens with zero attached hydrogens (tertiary/aromatic N) is 2. The van der Waals surface area contributed by atoms with Crippen molar-refractivity contribution in [1.82, 2.24) is 10.3 Å². The highest BCUT2D eigenvalue weighted by Gasteiger charge is 2.25. The number of hydrazone groups is 1. The average molecular weight is 355 g/mol. The number of furan rings is 1. The molecule has 2 aromatic rings. The van der Waals surface area contributed by atoms with Gasteiger partial charge in [-0.05, 0) is 32.4 Å². The number of amides is 1. The zero-order valence-electron chi connectivity index (χ0n) is 15.5. The molecule has 1 saturated heterocycles. The number of rotatable bonds is 5. The van der Waals surface area contributed by atoms with Crippen molar-refractivity contribution in [2.45, 2.75) is 26.8 Å². The highest BCUT2D eigenvalue weighted by Crippen LogP contribution is 2.23. The van der Waals surface area contributed by atoms with Gasteiger partial charge < -0.3 is 9.15 Å². The van der Waals surface area contributed by atoms with E-state index >= 15 is 0 Å². The smallest absolute Gasteiger partial charge is 0.274 e. The first-order chi connectivity index (χ1) is 12.6. The number of hydrogen-bond acceptors (Lipinski definition) is 5. The van der Waals surface area contributed by atoms with Gasteiger partial charge in [-0.25, -0.2) is 5.43 Å². The number of morpholine rings is 1. The van der Waals surface area contributed by atoms with Gasteiger partial charge in [0, 0.05) is 13.1 Å². The van der Waals surface area contributed by atoms with Crippen LogP contribution in [0.25, 0.3) is 0 Å². The van der Waals surface area contributed by atoms with Crippen LogP contribution in [0.2, 0.25) is 0 Å². The fourth-order valence-corrected chi connectivity index (χ4v) is 3.30. The summed E-state index contributed by atoms with van der Waals surface area (Å²) in [4.78, 5) is 14.7. The van der Waals surface area contributed by atoms with Gasteiger partial charge in [0.15, 0.2) is 0 Å². The molecule has 6 nitrogen and oxygen atoms in total. The molecule has 0 saturated carbocycles. The Kier molecular flexibility index (Phi) is 5.85. The highest BCUT2D eigenvalue weighted by molar-refractivity contribution is 5.97. The highest BCUT2D eigenvalue weighted by atomic mass is 16.5. The molecule has 3 rings (SSSR count). The van der Waals surface area contributed by atoms with E-state index in [2.05, 4.69) is 27.6 Å². The van der Waals surface area contributed by atoms with E-state index in [-0.39, 0.29) is 11.9 Å². The summed E-state index contributed by atoms with van der Waals surface area (Å²) in [5.41, 5.74) is 5.18. The second-order valence-electron chi connectivity index (χ2n) is 6.48. The molecule has 138 valence electrons. The summed E-state index contributed by atoms with van der Waals surface area (Å²) >= 11 is 0. The molecule has 6 heteroatoms. The molecule has 0 radical (unpaired) electrons. The molecule has 1 aliphatic heterocycles. The number of ether oxygens (including phenoxy) is 1. The first-order valence-electron chi connectivity index (χ1n) is 8.84. The third-order valence-electron chi connectivity index (χ3n) is 4.54. The first-order valence-corrected chi connectivity index (χ1v) is 8.84. The van der Waals surface area contributed by atoms with E-state index < -0.39 is 0 Å². The Morgan fingerprint density at radius 3 is 2.50 bits per heavy atom. The lowest BCUT2D eigenvalue weighted by Gasteiger charge is -2.34. The second kappa shape index (κ2) is 8.29. The van der Waals surface area contributed by atoms with Crippen molar-refractivity contribution in [3.05, 3.63) is 59.0 Å². The van der Waals surface area contributed by atoms with Gasteiger partial charge in [-0.2, -0.15) is 5.10 Å². The van der Waals surface area contributed by atoms with Crippen LogP contribution in [0.5, 0.6) is 0 Å². The Hall–Kier alpha value is -2.44. The Morgan fingerprint density at radius 2 is 1.88 bits per heavy atom. The van der Waals surface area contributed by atoms with Gasteiger partial charge in [0.25, 0.3) is 5.91 Å². The molecule has 1 fully saturated rings. The summed E-state index contributed by atoms with van der Waals surface area (Å²) in [7, 11) is 0. The molecule has 1 amide bonds. The molecule has 1 aromatic heterocycles. The Balaban J connectivity index is 1.80. The van der Waals surface area contributed by atoms with Gasteiger partial charge in [0.05, 0.1) is 30.5 Å². The molecule has 1 N–H and O–H groups in total. The summed E-state index contributed by atoms with van der Waals surface area (Å²) in [6.07, 6.45) is 0. The molecule has 2 heterocycles. The zero-order valence-corrected chi connectivity index (χ0v) is 15.5. The van der Waals surface area contributed by atoms with Gasteiger partial charge in [0.2, 0.25) is 0 Å². The lowest BCUT2D eigenvalue weighted by atomic mass is 10.0. The minimum atomic E-state index is -0.257. The Bertz CT molecular complexity index is 777. The van der Waals surface area contributed by atoms with E-state index in [1.54, 1.807) is 13.0 Å².